The van der Waals surface area contributed by atoms with Gasteiger partial charge in [-0.05, 0) is 40.3 Å². The van der Waals surface area contributed by atoms with Gasteiger partial charge in [-0.1, -0.05) is 15.9 Å². The Morgan fingerprint density at radius 1 is 1.31 bits per heavy atom. The van der Waals surface area contributed by atoms with Gasteiger partial charge in [0.1, 0.15) is 5.69 Å². The molecule has 0 fully saturated rings. The van der Waals surface area contributed by atoms with Crippen molar-refractivity contribution < 1.29 is 8.78 Å². The molecule has 0 radical (unpaired) electrons. The van der Waals surface area contributed by atoms with Crippen molar-refractivity contribution >= 4 is 38.5 Å². The lowest BCUT2D eigenvalue weighted by atomic mass is 10.2. The van der Waals surface area contributed by atoms with Gasteiger partial charge in [-0.2, -0.15) is 5.10 Å². The predicted octanol–water partition coefficient (Wildman–Crippen LogP) is 3.65. The number of alkyl halides is 1. The summed E-state index contributed by atoms with van der Waals surface area (Å²) in [4.78, 5) is 0. The SMILES string of the molecule is Fc1cc(CBr)cc(F)c1-n1cc(I)cn1. The van der Waals surface area contributed by atoms with Crippen LogP contribution in [0.4, 0.5) is 8.78 Å². The molecule has 0 N–H and O–H groups in total. The summed E-state index contributed by atoms with van der Waals surface area (Å²) in [6.07, 6.45) is 3.10. The molecule has 16 heavy (non-hydrogen) atoms. The molecular weight excluding hydrogens is 393 g/mol. The summed E-state index contributed by atoms with van der Waals surface area (Å²) in [6.45, 7) is 0. The summed E-state index contributed by atoms with van der Waals surface area (Å²) in [6, 6.07) is 2.59. The molecule has 0 saturated heterocycles. The van der Waals surface area contributed by atoms with E-state index >= 15 is 0 Å². The molecule has 0 atom stereocenters. The molecule has 2 aromatic rings. The summed E-state index contributed by atoms with van der Waals surface area (Å²) in [5.41, 5.74) is 0.410. The van der Waals surface area contributed by atoms with E-state index in [9.17, 15) is 8.78 Å². The fraction of sp³-hybridized carbons (Fsp3) is 0.100. The van der Waals surface area contributed by atoms with E-state index in [0.29, 0.717) is 10.9 Å². The van der Waals surface area contributed by atoms with Crippen molar-refractivity contribution in [2.75, 3.05) is 0 Å². The van der Waals surface area contributed by atoms with Crippen molar-refractivity contribution in [2.45, 2.75) is 5.33 Å². The third kappa shape index (κ3) is 2.27. The Bertz CT molecular complexity index is 504. The van der Waals surface area contributed by atoms with Gasteiger partial charge >= 0.3 is 0 Å². The molecular formula is C10H6BrF2IN2. The van der Waals surface area contributed by atoms with Crippen molar-refractivity contribution in [3.05, 3.63) is 45.3 Å². The second kappa shape index (κ2) is 4.79. The van der Waals surface area contributed by atoms with Crippen molar-refractivity contribution in [3.8, 4) is 5.69 Å². The summed E-state index contributed by atoms with van der Waals surface area (Å²) in [5.74, 6) is -1.23. The molecule has 0 unspecified atom stereocenters. The Balaban J connectivity index is 2.57. The molecule has 0 aliphatic rings. The van der Waals surface area contributed by atoms with Gasteiger partial charge < -0.3 is 0 Å². The van der Waals surface area contributed by atoms with E-state index < -0.39 is 11.6 Å². The van der Waals surface area contributed by atoms with Gasteiger partial charge in [-0.25, -0.2) is 13.5 Å². The summed E-state index contributed by atoms with van der Waals surface area (Å²) in [5, 5.41) is 4.30. The fourth-order valence-corrected chi connectivity index (χ4v) is 2.05. The minimum Gasteiger partial charge on any atom is -0.234 e. The van der Waals surface area contributed by atoms with Crippen LogP contribution in [0.1, 0.15) is 5.56 Å². The second-order valence-corrected chi connectivity index (χ2v) is 4.95. The van der Waals surface area contributed by atoms with Gasteiger partial charge in [-0.15, -0.1) is 0 Å². The molecule has 2 rings (SSSR count). The van der Waals surface area contributed by atoms with Crippen LogP contribution in [0.25, 0.3) is 5.69 Å². The molecule has 0 spiro atoms. The van der Waals surface area contributed by atoms with Crippen LogP contribution < -0.4 is 0 Å². The Hall–Kier alpha value is -0.500. The van der Waals surface area contributed by atoms with Gasteiger partial charge in [0, 0.05) is 11.5 Å². The topological polar surface area (TPSA) is 17.8 Å². The molecule has 0 saturated carbocycles. The molecule has 0 aliphatic heterocycles. The van der Waals surface area contributed by atoms with Crippen LogP contribution in [0.3, 0.4) is 0 Å². The number of benzene rings is 1. The molecule has 1 aromatic heterocycles. The van der Waals surface area contributed by atoms with E-state index in [0.717, 1.165) is 3.57 Å². The quantitative estimate of drug-likeness (QED) is 0.557. The highest BCUT2D eigenvalue weighted by Crippen LogP contribution is 2.21. The second-order valence-electron chi connectivity index (χ2n) is 3.14. The summed E-state index contributed by atoms with van der Waals surface area (Å²) < 4.78 is 29.4. The predicted molar refractivity (Wildman–Crippen MR) is 68.8 cm³/mol. The zero-order valence-corrected chi connectivity index (χ0v) is 11.7. The van der Waals surface area contributed by atoms with Gasteiger partial charge in [0.05, 0.1) is 9.77 Å². The first kappa shape index (κ1) is 12.0. The maximum Gasteiger partial charge on any atom is 0.152 e. The van der Waals surface area contributed by atoms with E-state index in [1.54, 1.807) is 6.20 Å². The first-order chi connectivity index (χ1) is 7.61. The van der Waals surface area contributed by atoms with Crippen LogP contribution in [0.5, 0.6) is 0 Å². The van der Waals surface area contributed by atoms with Crippen LogP contribution >= 0.6 is 38.5 Å². The average Bonchev–Trinajstić information content (AvgIpc) is 2.63. The van der Waals surface area contributed by atoms with Crippen LogP contribution in [0.15, 0.2) is 24.5 Å². The Kier molecular flexibility index (Phi) is 3.58. The van der Waals surface area contributed by atoms with E-state index in [1.807, 2.05) is 22.6 Å². The number of nitrogens with zero attached hydrogens (tertiary/aromatic N) is 2. The molecule has 1 aromatic carbocycles. The van der Waals surface area contributed by atoms with Crippen molar-refractivity contribution in [1.82, 2.24) is 9.78 Å². The fourth-order valence-electron chi connectivity index (χ4n) is 1.34. The minimum atomic E-state index is -0.617. The minimum absolute atomic E-state index is 0.146. The van der Waals surface area contributed by atoms with E-state index in [2.05, 4.69) is 21.0 Å². The molecule has 0 amide bonds. The van der Waals surface area contributed by atoms with Crippen LogP contribution in [-0.4, -0.2) is 9.78 Å². The summed E-state index contributed by atoms with van der Waals surface area (Å²) in [7, 11) is 0. The van der Waals surface area contributed by atoms with Crippen LogP contribution in [-0.2, 0) is 5.33 Å². The lowest BCUT2D eigenvalue weighted by Crippen LogP contribution is -2.03. The van der Waals surface area contributed by atoms with E-state index in [4.69, 9.17) is 0 Å². The highest BCUT2D eigenvalue weighted by atomic mass is 127. The molecule has 0 aliphatic carbocycles. The van der Waals surface area contributed by atoms with Crippen LogP contribution in [0.2, 0.25) is 0 Å². The lowest BCUT2D eigenvalue weighted by molar-refractivity contribution is 0.558. The van der Waals surface area contributed by atoms with Crippen molar-refractivity contribution in [1.29, 1.82) is 0 Å². The van der Waals surface area contributed by atoms with Crippen LogP contribution in [0, 0.1) is 15.2 Å². The number of rotatable bonds is 2. The molecule has 84 valence electrons. The van der Waals surface area contributed by atoms with Gasteiger partial charge in [0.2, 0.25) is 0 Å². The number of aromatic nitrogens is 2. The average molecular weight is 399 g/mol. The van der Waals surface area contributed by atoms with Gasteiger partial charge in [0.15, 0.2) is 11.6 Å². The Labute approximate surface area is 113 Å². The first-order valence-electron chi connectivity index (χ1n) is 4.36. The largest absolute Gasteiger partial charge is 0.234 e. The first-order valence-corrected chi connectivity index (χ1v) is 6.56. The third-order valence-electron chi connectivity index (χ3n) is 2.01. The smallest absolute Gasteiger partial charge is 0.152 e. The molecule has 6 heteroatoms. The number of halogens is 4. The standard InChI is InChI=1S/C10H6BrF2IN2/c11-3-6-1-8(12)10(9(13)2-6)16-5-7(14)4-15-16/h1-2,4-5H,3H2. The Morgan fingerprint density at radius 2 is 1.94 bits per heavy atom. The van der Waals surface area contributed by atoms with E-state index in [1.165, 1.54) is 23.0 Å². The number of hydrogen-bond donors (Lipinski definition) is 0. The van der Waals surface area contributed by atoms with Crippen molar-refractivity contribution in [2.24, 2.45) is 0 Å². The number of hydrogen-bond acceptors (Lipinski definition) is 1. The zero-order chi connectivity index (χ0) is 11.7. The van der Waals surface area contributed by atoms with Gasteiger partial charge in [-0.3, -0.25) is 0 Å². The highest BCUT2D eigenvalue weighted by molar-refractivity contribution is 14.1. The van der Waals surface area contributed by atoms with Crippen molar-refractivity contribution in [3.63, 3.8) is 0 Å². The molecule has 1 heterocycles. The summed E-state index contributed by atoms with van der Waals surface area (Å²) >= 11 is 5.18. The normalized spacial score (nSPS) is 10.8. The van der Waals surface area contributed by atoms with Gasteiger partial charge in [0.25, 0.3) is 0 Å². The third-order valence-corrected chi connectivity index (χ3v) is 3.22. The molecule has 0 bridgehead atoms. The Morgan fingerprint density at radius 3 is 2.38 bits per heavy atom. The maximum atomic E-state index is 13.7. The zero-order valence-electron chi connectivity index (χ0n) is 7.92. The monoisotopic (exact) mass is 398 g/mol. The maximum absolute atomic E-state index is 13.7. The highest BCUT2D eigenvalue weighted by Gasteiger charge is 2.13. The molecule has 2 nitrogen and oxygen atoms in total. The lowest BCUT2D eigenvalue weighted by Gasteiger charge is -2.06. The van der Waals surface area contributed by atoms with E-state index in [-0.39, 0.29) is 5.69 Å².